The molecule has 3 aromatic rings. The smallest absolute Gasteiger partial charge is 0.368 e. The molecule has 6 nitrogen and oxygen atoms in total. The third-order valence-electron chi connectivity index (χ3n) is 4.99. The molecule has 0 atom stereocenters. The molecule has 1 aliphatic rings. The van der Waals surface area contributed by atoms with Crippen molar-refractivity contribution >= 4 is 22.8 Å². The highest BCUT2D eigenvalue weighted by Gasteiger charge is 2.32. The zero-order valence-electron chi connectivity index (χ0n) is 16.3. The van der Waals surface area contributed by atoms with Crippen molar-refractivity contribution in [2.75, 3.05) is 36.0 Å². The van der Waals surface area contributed by atoms with Crippen LogP contribution in [-0.2, 0) is 12.7 Å². The molecule has 0 N–H and O–H groups in total. The Labute approximate surface area is 175 Å². The van der Waals surface area contributed by atoms with Gasteiger partial charge in [-0.25, -0.2) is 9.48 Å². The number of anilines is 2. The quantitative estimate of drug-likeness (QED) is 0.629. The number of hydrogen-bond donors (Lipinski definition) is 0. The van der Waals surface area contributed by atoms with Crippen LogP contribution < -0.4 is 15.5 Å². The number of rotatable bonds is 4. The van der Waals surface area contributed by atoms with E-state index >= 15 is 0 Å². The van der Waals surface area contributed by atoms with E-state index < -0.39 is 16.7 Å². The molecule has 30 heavy (non-hydrogen) atoms. The summed E-state index contributed by atoms with van der Waals surface area (Å²) in [5.74, 6) is 0.488. The second-order valence-corrected chi connectivity index (χ2v) is 8.30. The molecule has 0 saturated carbocycles. The van der Waals surface area contributed by atoms with Crippen molar-refractivity contribution in [3.63, 3.8) is 0 Å². The first-order valence-electron chi connectivity index (χ1n) is 9.46. The molecule has 2 aromatic heterocycles. The Morgan fingerprint density at radius 1 is 1.00 bits per heavy atom. The minimum absolute atomic E-state index is 0.0337. The van der Waals surface area contributed by atoms with Crippen molar-refractivity contribution in [1.82, 2.24) is 14.8 Å². The molecule has 1 fully saturated rings. The maximum Gasteiger partial charge on any atom is 0.425 e. The maximum atomic E-state index is 12.7. The van der Waals surface area contributed by atoms with E-state index in [9.17, 15) is 18.0 Å². The van der Waals surface area contributed by atoms with Gasteiger partial charge in [-0.05, 0) is 31.2 Å². The predicted molar refractivity (Wildman–Crippen MR) is 110 cm³/mol. The van der Waals surface area contributed by atoms with E-state index in [4.69, 9.17) is 0 Å². The van der Waals surface area contributed by atoms with Crippen molar-refractivity contribution in [2.45, 2.75) is 19.6 Å². The van der Waals surface area contributed by atoms with Crippen LogP contribution in [0.15, 0.2) is 47.4 Å². The zero-order chi connectivity index (χ0) is 21.3. The van der Waals surface area contributed by atoms with Crippen molar-refractivity contribution < 1.29 is 13.2 Å². The Kier molecular flexibility index (Phi) is 5.50. The number of alkyl halides is 3. The summed E-state index contributed by atoms with van der Waals surface area (Å²) in [6.07, 6.45) is -2.88. The van der Waals surface area contributed by atoms with Gasteiger partial charge in [-0.15, -0.1) is 11.3 Å². The lowest BCUT2D eigenvalue weighted by molar-refractivity contribution is -0.134. The van der Waals surface area contributed by atoms with Gasteiger partial charge in [-0.3, -0.25) is 0 Å². The van der Waals surface area contributed by atoms with Gasteiger partial charge in [0.05, 0.1) is 12.7 Å². The molecule has 10 heteroatoms. The van der Waals surface area contributed by atoms with Crippen molar-refractivity contribution in [2.24, 2.45) is 0 Å². The highest BCUT2D eigenvalue weighted by Crippen LogP contribution is 2.34. The number of hydrogen-bond acceptors (Lipinski definition) is 6. The van der Waals surface area contributed by atoms with Gasteiger partial charge in [0.1, 0.15) is 4.88 Å². The first-order valence-corrected chi connectivity index (χ1v) is 10.3. The van der Waals surface area contributed by atoms with Gasteiger partial charge < -0.3 is 9.80 Å². The molecule has 0 aliphatic carbocycles. The van der Waals surface area contributed by atoms with Gasteiger partial charge in [-0.1, -0.05) is 17.7 Å². The summed E-state index contributed by atoms with van der Waals surface area (Å²) in [5.41, 5.74) is 1.80. The Morgan fingerprint density at radius 2 is 1.67 bits per heavy atom. The standard InChI is InChI=1S/C20H20F3N5OS/c1-14-2-4-15(5-3-14)26-8-10-27(11-9-26)18-12-24-28(19(29)25-18)13-16-6-7-17(30-16)20(21,22)23/h2-7,12H,8-11,13H2,1H3. The molecular weight excluding hydrogens is 415 g/mol. The van der Waals surface area contributed by atoms with Crippen molar-refractivity contribution in [3.8, 4) is 0 Å². The summed E-state index contributed by atoms with van der Waals surface area (Å²) >= 11 is 0.606. The third kappa shape index (κ3) is 4.48. The van der Waals surface area contributed by atoms with Gasteiger partial charge in [0, 0.05) is 36.7 Å². The molecular formula is C20H20F3N5OS. The van der Waals surface area contributed by atoms with E-state index in [-0.39, 0.29) is 6.54 Å². The van der Waals surface area contributed by atoms with Gasteiger partial charge >= 0.3 is 11.9 Å². The molecule has 0 spiro atoms. The first-order chi connectivity index (χ1) is 14.3. The van der Waals surface area contributed by atoms with Gasteiger partial charge in [0.25, 0.3) is 0 Å². The SMILES string of the molecule is Cc1ccc(N2CCN(c3cnn(Cc4ccc(C(F)(F)F)s4)c(=O)n3)CC2)cc1. The number of halogens is 3. The van der Waals surface area contributed by atoms with Crippen LogP contribution in [0.2, 0.25) is 0 Å². The van der Waals surface area contributed by atoms with E-state index in [0.29, 0.717) is 35.1 Å². The fourth-order valence-corrected chi connectivity index (χ4v) is 4.19. The minimum atomic E-state index is -4.38. The fourth-order valence-electron chi connectivity index (χ4n) is 3.33. The minimum Gasteiger partial charge on any atom is -0.368 e. The molecule has 0 unspecified atom stereocenters. The predicted octanol–water partition coefficient (Wildman–Crippen LogP) is 3.40. The molecule has 158 valence electrons. The summed E-state index contributed by atoms with van der Waals surface area (Å²) < 4.78 is 39.3. The monoisotopic (exact) mass is 435 g/mol. The molecule has 1 saturated heterocycles. The Morgan fingerprint density at radius 3 is 2.27 bits per heavy atom. The summed E-state index contributed by atoms with van der Waals surface area (Å²) in [5, 5.41) is 4.12. The van der Waals surface area contributed by atoms with Crippen LogP contribution in [0.4, 0.5) is 24.7 Å². The lowest BCUT2D eigenvalue weighted by atomic mass is 10.2. The van der Waals surface area contributed by atoms with E-state index in [1.807, 2.05) is 4.90 Å². The number of thiophene rings is 1. The molecule has 1 aliphatic heterocycles. The summed E-state index contributed by atoms with van der Waals surface area (Å²) in [4.78, 5) is 20.4. The third-order valence-corrected chi connectivity index (χ3v) is 6.11. The van der Waals surface area contributed by atoms with Gasteiger partial charge in [0.15, 0.2) is 5.82 Å². The second kappa shape index (κ2) is 8.10. The normalized spacial score (nSPS) is 14.9. The van der Waals surface area contributed by atoms with E-state index in [0.717, 1.165) is 29.5 Å². The number of aromatic nitrogens is 3. The number of benzene rings is 1. The van der Waals surface area contributed by atoms with E-state index in [1.165, 1.54) is 17.8 Å². The van der Waals surface area contributed by atoms with Crippen molar-refractivity contribution in [3.05, 3.63) is 68.4 Å². The van der Waals surface area contributed by atoms with Gasteiger partial charge in [-0.2, -0.15) is 23.3 Å². The molecule has 1 aromatic carbocycles. The largest absolute Gasteiger partial charge is 0.425 e. The average molecular weight is 435 g/mol. The molecule has 0 radical (unpaired) electrons. The van der Waals surface area contributed by atoms with Crippen LogP contribution in [0.25, 0.3) is 0 Å². The number of nitrogens with zero attached hydrogens (tertiary/aromatic N) is 5. The van der Waals surface area contributed by atoms with Gasteiger partial charge in [0.2, 0.25) is 0 Å². The van der Waals surface area contributed by atoms with Crippen molar-refractivity contribution in [1.29, 1.82) is 0 Å². The highest BCUT2D eigenvalue weighted by molar-refractivity contribution is 7.12. The van der Waals surface area contributed by atoms with Crippen LogP contribution >= 0.6 is 11.3 Å². The van der Waals surface area contributed by atoms with Crippen LogP contribution in [0.3, 0.4) is 0 Å². The molecule has 0 amide bonds. The highest BCUT2D eigenvalue weighted by atomic mass is 32.1. The molecule has 3 heterocycles. The number of piperazine rings is 1. The van der Waals surface area contributed by atoms with Crippen LogP contribution in [0.1, 0.15) is 15.3 Å². The van der Waals surface area contributed by atoms with Crippen LogP contribution in [0.5, 0.6) is 0 Å². The van der Waals surface area contributed by atoms with Crippen LogP contribution in [-0.4, -0.2) is 40.9 Å². The Hall–Kier alpha value is -2.88. The van der Waals surface area contributed by atoms with E-state index in [2.05, 4.69) is 46.2 Å². The van der Waals surface area contributed by atoms with Crippen LogP contribution in [0, 0.1) is 6.92 Å². The Balaban J connectivity index is 1.40. The fraction of sp³-hybridized carbons (Fsp3) is 0.350. The lowest BCUT2D eigenvalue weighted by Gasteiger charge is -2.36. The summed E-state index contributed by atoms with van der Waals surface area (Å²) in [7, 11) is 0. The first kappa shape index (κ1) is 20.4. The second-order valence-electron chi connectivity index (χ2n) is 7.13. The molecule has 4 rings (SSSR count). The maximum absolute atomic E-state index is 12.7. The summed E-state index contributed by atoms with van der Waals surface area (Å²) in [6.45, 7) is 5.01. The Bertz CT molecular complexity index is 1070. The number of aryl methyl sites for hydroxylation is 1. The average Bonchev–Trinajstić information content (AvgIpc) is 3.20. The summed E-state index contributed by atoms with van der Waals surface area (Å²) in [6, 6.07) is 10.7. The topological polar surface area (TPSA) is 54.3 Å². The zero-order valence-corrected chi connectivity index (χ0v) is 17.1. The molecule has 0 bridgehead atoms. The van der Waals surface area contributed by atoms with E-state index in [1.54, 1.807) is 0 Å². The lowest BCUT2D eigenvalue weighted by Crippen LogP contribution is -2.47.